The topological polar surface area (TPSA) is 95.9 Å². The number of aliphatic hydroxyl groups is 2. The summed E-state index contributed by atoms with van der Waals surface area (Å²) in [6.07, 6.45) is 50.6. The van der Waals surface area contributed by atoms with E-state index >= 15 is 0 Å². The Morgan fingerprint density at radius 2 is 0.964 bits per heavy atom. The van der Waals surface area contributed by atoms with Crippen molar-refractivity contribution in [1.29, 1.82) is 0 Å². The van der Waals surface area contributed by atoms with Crippen molar-refractivity contribution in [2.24, 2.45) is 0 Å². The number of carbonyl (C=O) groups excluding carboxylic acids is 2. The number of hydrogen-bond donors (Lipinski definition) is 3. The van der Waals surface area contributed by atoms with Gasteiger partial charge in [0.1, 0.15) is 6.10 Å². The fourth-order valence-corrected chi connectivity index (χ4v) is 7.29. The van der Waals surface area contributed by atoms with Crippen LogP contribution in [0.2, 0.25) is 0 Å². The quantitative estimate of drug-likeness (QED) is 0.0325. The van der Waals surface area contributed by atoms with Crippen molar-refractivity contribution in [3.63, 3.8) is 0 Å². The molecule has 0 aromatic carbocycles. The van der Waals surface area contributed by atoms with Gasteiger partial charge in [-0.25, -0.2) is 0 Å². The molecule has 0 aliphatic heterocycles. The Bertz CT molecular complexity index is 930. The van der Waals surface area contributed by atoms with Crippen molar-refractivity contribution in [2.75, 3.05) is 6.61 Å². The standard InChI is InChI=1S/C50H93NO5/c1-4-7-10-13-16-19-21-23-25-27-30-32-35-38-41-46(56-50(55)43-40-37-34-31-28-26-24-22-20-17-14-11-8-5-2)44-49(54)51-47(45-52)48(53)42-39-36-33-29-18-15-12-9-6-3/h8,11,17,20,25,27,46-48,52-53H,4-7,9-10,12-16,18-19,21-24,26,28-45H2,1-3H3,(H,51,54)/b11-8+,20-17+,27-25+. The Morgan fingerprint density at radius 1 is 0.536 bits per heavy atom. The van der Waals surface area contributed by atoms with E-state index in [1.54, 1.807) is 0 Å². The molecule has 3 atom stereocenters. The zero-order valence-corrected chi connectivity index (χ0v) is 37.3. The van der Waals surface area contributed by atoms with Crippen LogP contribution in [0.5, 0.6) is 0 Å². The van der Waals surface area contributed by atoms with Crippen molar-refractivity contribution in [1.82, 2.24) is 5.32 Å². The van der Waals surface area contributed by atoms with Crippen molar-refractivity contribution in [2.45, 2.75) is 264 Å². The largest absolute Gasteiger partial charge is 0.462 e. The van der Waals surface area contributed by atoms with Crippen LogP contribution in [0.15, 0.2) is 36.5 Å². The first kappa shape index (κ1) is 54.1. The minimum absolute atomic E-state index is 0.0654. The van der Waals surface area contributed by atoms with Gasteiger partial charge in [0.2, 0.25) is 5.91 Å². The molecule has 0 spiro atoms. The fraction of sp³-hybridized carbons (Fsp3) is 0.840. The first-order valence-electron chi connectivity index (χ1n) is 24.2. The molecule has 0 aromatic heterocycles. The predicted octanol–water partition coefficient (Wildman–Crippen LogP) is 14.1. The number of amides is 1. The second-order valence-electron chi connectivity index (χ2n) is 16.5. The number of esters is 1. The molecule has 0 aliphatic rings. The number of nitrogens with one attached hydrogen (secondary N) is 1. The first-order valence-corrected chi connectivity index (χ1v) is 24.2. The monoisotopic (exact) mass is 788 g/mol. The molecule has 0 aliphatic carbocycles. The summed E-state index contributed by atoms with van der Waals surface area (Å²) in [4.78, 5) is 26.0. The third-order valence-electron chi connectivity index (χ3n) is 11.0. The van der Waals surface area contributed by atoms with Crippen LogP contribution in [0.25, 0.3) is 0 Å². The lowest BCUT2D eigenvalue weighted by molar-refractivity contribution is -0.151. The smallest absolute Gasteiger partial charge is 0.306 e. The Kier molecular flexibility index (Phi) is 42.7. The van der Waals surface area contributed by atoms with Gasteiger partial charge < -0.3 is 20.3 Å². The Hall–Kier alpha value is -1.92. The van der Waals surface area contributed by atoms with Gasteiger partial charge in [0.25, 0.3) is 0 Å². The zero-order chi connectivity index (χ0) is 41.0. The van der Waals surface area contributed by atoms with Crippen LogP contribution < -0.4 is 5.32 Å². The molecule has 1 amide bonds. The maximum absolute atomic E-state index is 13.1. The van der Waals surface area contributed by atoms with E-state index in [9.17, 15) is 19.8 Å². The number of ether oxygens (including phenoxy) is 1. The third kappa shape index (κ3) is 38.9. The zero-order valence-electron chi connectivity index (χ0n) is 37.3. The number of hydrogen-bond acceptors (Lipinski definition) is 5. The molecule has 3 N–H and O–H groups in total. The van der Waals surface area contributed by atoms with E-state index in [4.69, 9.17) is 4.74 Å². The minimum atomic E-state index is -0.789. The van der Waals surface area contributed by atoms with Gasteiger partial charge in [-0.3, -0.25) is 9.59 Å². The van der Waals surface area contributed by atoms with Gasteiger partial charge in [0.05, 0.1) is 25.2 Å². The van der Waals surface area contributed by atoms with Crippen LogP contribution in [0.1, 0.15) is 245 Å². The summed E-state index contributed by atoms with van der Waals surface area (Å²) < 4.78 is 5.91. The van der Waals surface area contributed by atoms with Crippen LogP contribution in [0.4, 0.5) is 0 Å². The summed E-state index contributed by atoms with van der Waals surface area (Å²) in [6, 6.07) is -0.704. The SMILES string of the molecule is CC/C=C/C/C=C/CCCCCCCCCC(=O)OC(CCCCC/C=C/CCCCCCCCC)CC(=O)NC(CO)C(O)CCCCCCCCCCC. The second kappa shape index (κ2) is 44.2. The summed E-state index contributed by atoms with van der Waals surface area (Å²) in [7, 11) is 0. The molecular formula is C50H93NO5. The summed E-state index contributed by atoms with van der Waals surface area (Å²) in [6.45, 7) is 6.35. The van der Waals surface area contributed by atoms with Crippen molar-refractivity contribution >= 4 is 11.9 Å². The molecule has 56 heavy (non-hydrogen) atoms. The van der Waals surface area contributed by atoms with Crippen LogP contribution in [-0.2, 0) is 14.3 Å². The molecule has 0 radical (unpaired) electrons. The normalized spacial score (nSPS) is 13.6. The van der Waals surface area contributed by atoms with E-state index in [0.717, 1.165) is 83.5 Å². The highest BCUT2D eigenvalue weighted by Gasteiger charge is 2.24. The maximum atomic E-state index is 13.1. The molecule has 6 nitrogen and oxygen atoms in total. The molecule has 0 saturated carbocycles. The number of allylic oxidation sites excluding steroid dienone is 6. The van der Waals surface area contributed by atoms with E-state index in [0.29, 0.717) is 19.3 Å². The highest BCUT2D eigenvalue weighted by atomic mass is 16.5. The number of unbranched alkanes of at least 4 members (excludes halogenated alkanes) is 25. The van der Waals surface area contributed by atoms with Gasteiger partial charge in [-0.05, 0) is 77.0 Å². The molecule has 328 valence electrons. The van der Waals surface area contributed by atoms with Crippen LogP contribution in [0, 0.1) is 0 Å². The van der Waals surface area contributed by atoms with Crippen LogP contribution >= 0.6 is 0 Å². The van der Waals surface area contributed by atoms with Gasteiger partial charge in [-0.15, -0.1) is 0 Å². The minimum Gasteiger partial charge on any atom is -0.462 e. The molecule has 0 rings (SSSR count). The van der Waals surface area contributed by atoms with E-state index in [1.165, 1.54) is 116 Å². The molecule has 6 heteroatoms. The Labute approximate surface area is 347 Å². The summed E-state index contributed by atoms with van der Waals surface area (Å²) in [5.74, 6) is -0.495. The fourth-order valence-electron chi connectivity index (χ4n) is 7.29. The molecular weight excluding hydrogens is 695 g/mol. The van der Waals surface area contributed by atoms with Crippen molar-refractivity contribution in [3.05, 3.63) is 36.5 Å². The maximum Gasteiger partial charge on any atom is 0.306 e. The number of rotatable bonds is 43. The van der Waals surface area contributed by atoms with E-state index < -0.39 is 18.2 Å². The van der Waals surface area contributed by atoms with Crippen molar-refractivity contribution < 1.29 is 24.5 Å². The van der Waals surface area contributed by atoms with E-state index in [-0.39, 0.29) is 24.9 Å². The summed E-state index contributed by atoms with van der Waals surface area (Å²) >= 11 is 0. The van der Waals surface area contributed by atoms with Gasteiger partial charge in [0.15, 0.2) is 0 Å². The summed E-state index contributed by atoms with van der Waals surface area (Å²) in [5, 5.41) is 23.6. The van der Waals surface area contributed by atoms with Crippen LogP contribution in [-0.4, -0.2) is 46.9 Å². The average Bonchev–Trinajstić information content (AvgIpc) is 3.19. The highest BCUT2D eigenvalue weighted by molar-refractivity contribution is 5.77. The molecule has 0 heterocycles. The average molecular weight is 788 g/mol. The van der Waals surface area contributed by atoms with Crippen LogP contribution in [0.3, 0.4) is 0 Å². The van der Waals surface area contributed by atoms with Gasteiger partial charge in [-0.2, -0.15) is 0 Å². The first-order chi connectivity index (χ1) is 27.5. The van der Waals surface area contributed by atoms with E-state index in [2.05, 4.69) is 62.5 Å². The molecule has 3 unspecified atom stereocenters. The second-order valence-corrected chi connectivity index (χ2v) is 16.5. The molecule has 0 bridgehead atoms. The Morgan fingerprint density at radius 3 is 1.48 bits per heavy atom. The highest BCUT2D eigenvalue weighted by Crippen LogP contribution is 2.17. The van der Waals surface area contributed by atoms with E-state index in [1.807, 2.05) is 0 Å². The molecule has 0 fully saturated rings. The Balaban J connectivity index is 4.61. The molecule has 0 aromatic rings. The summed E-state index contributed by atoms with van der Waals surface area (Å²) in [5.41, 5.74) is 0. The predicted molar refractivity (Wildman–Crippen MR) is 241 cm³/mol. The van der Waals surface area contributed by atoms with Gasteiger partial charge in [0, 0.05) is 6.42 Å². The van der Waals surface area contributed by atoms with Gasteiger partial charge in [-0.1, -0.05) is 192 Å². The number of aliphatic hydroxyl groups excluding tert-OH is 2. The van der Waals surface area contributed by atoms with Crippen molar-refractivity contribution in [3.8, 4) is 0 Å². The molecule has 0 saturated heterocycles. The van der Waals surface area contributed by atoms with Gasteiger partial charge >= 0.3 is 5.97 Å². The lowest BCUT2D eigenvalue weighted by atomic mass is 10.0. The third-order valence-corrected chi connectivity index (χ3v) is 11.0. The lowest BCUT2D eigenvalue weighted by Gasteiger charge is -2.24. The number of carbonyl (C=O) groups is 2. The lowest BCUT2D eigenvalue weighted by Crippen LogP contribution is -2.46.